The summed E-state index contributed by atoms with van der Waals surface area (Å²) in [5.41, 5.74) is -2.30. The molecule has 0 spiro atoms. The molecule has 1 aliphatic rings. The number of carbonyl (C=O) groups excluding carboxylic acids is 2. The minimum Gasteiger partial charge on any atom is -0.375 e. The quantitative estimate of drug-likeness (QED) is 0.173. The Bertz CT molecular complexity index is 1500. The zero-order valence-electron chi connectivity index (χ0n) is 22.0. The molecule has 0 aliphatic carbocycles. The van der Waals surface area contributed by atoms with Crippen LogP contribution in [0.25, 0.3) is 10.9 Å². The van der Waals surface area contributed by atoms with E-state index in [2.05, 4.69) is 4.98 Å². The molecule has 4 aromatic rings. The molecule has 2 aromatic carbocycles. The number of β-amino-alcohol motifs (C(OH)–C–C–N with tert-alkyl or cyclic N) is 1. The van der Waals surface area contributed by atoms with Crippen LogP contribution in [-0.2, 0) is 16.9 Å². The van der Waals surface area contributed by atoms with Crippen molar-refractivity contribution in [2.45, 2.75) is 31.2 Å². The Morgan fingerprint density at radius 2 is 1.78 bits per heavy atom. The number of aromatic amines is 1. The lowest BCUT2D eigenvalue weighted by Crippen LogP contribution is -2.52. The lowest BCUT2D eigenvalue weighted by Gasteiger charge is -2.38. The molecule has 1 aliphatic heterocycles. The molecule has 216 valence electrons. The zero-order chi connectivity index (χ0) is 29.8. The number of aliphatic hydroxyl groups is 1. The maximum absolute atomic E-state index is 14.7. The largest absolute Gasteiger partial charge is 0.422 e. The number of ketones is 1. The molecule has 0 saturated carbocycles. The number of nitrogens with one attached hydrogen (secondary N) is 1. The van der Waals surface area contributed by atoms with E-state index in [1.54, 1.807) is 42.7 Å². The van der Waals surface area contributed by atoms with E-state index in [-0.39, 0.29) is 53.5 Å². The van der Waals surface area contributed by atoms with Crippen LogP contribution in [0.3, 0.4) is 0 Å². The third-order valence-corrected chi connectivity index (χ3v) is 7.48. The lowest BCUT2D eigenvalue weighted by atomic mass is 9.87. The number of hydrogen-bond acceptors (Lipinski definition) is 6. The molecular formula is C29H29F3N4O5. The van der Waals surface area contributed by atoms with E-state index < -0.39 is 23.2 Å². The molecule has 0 bridgehead atoms. The van der Waals surface area contributed by atoms with E-state index in [4.69, 9.17) is 4.79 Å². The number of Topliss-reactive ketones (excluding diaryl/α,β-unsaturated/α-hetero) is 1. The number of nitro groups is 1. The molecule has 0 amide bonds. The van der Waals surface area contributed by atoms with Crippen molar-refractivity contribution in [3.8, 4) is 0 Å². The van der Waals surface area contributed by atoms with E-state index in [1.807, 2.05) is 12.9 Å². The third kappa shape index (κ3) is 6.08. The lowest BCUT2D eigenvalue weighted by molar-refractivity contribution is -0.384. The first-order chi connectivity index (χ1) is 19.6. The summed E-state index contributed by atoms with van der Waals surface area (Å²) in [7, 11) is 0. The van der Waals surface area contributed by atoms with Crippen molar-refractivity contribution in [3.05, 3.63) is 100.0 Å². The van der Waals surface area contributed by atoms with Gasteiger partial charge in [-0.1, -0.05) is 30.3 Å². The third-order valence-electron chi connectivity index (χ3n) is 7.48. The summed E-state index contributed by atoms with van der Waals surface area (Å²) in [5, 5.41) is 22.9. The summed E-state index contributed by atoms with van der Waals surface area (Å²) in [5.74, 6) is -0.350. The first-order valence-corrected chi connectivity index (χ1v) is 12.9. The molecule has 2 N–H and O–H groups in total. The van der Waals surface area contributed by atoms with E-state index in [1.165, 1.54) is 27.8 Å². The van der Waals surface area contributed by atoms with Gasteiger partial charge in [-0.25, -0.2) is 0 Å². The number of fused-ring (bicyclic) bond motifs is 1. The molecule has 2 aromatic heterocycles. The van der Waals surface area contributed by atoms with Gasteiger partial charge < -0.3 is 19.5 Å². The van der Waals surface area contributed by atoms with Gasteiger partial charge in [0.05, 0.1) is 10.4 Å². The highest BCUT2D eigenvalue weighted by Crippen LogP contribution is 2.44. The number of rotatable bonds is 8. The summed E-state index contributed by atoms with van der Waals surface area (Å²) in [4.78, 5) is 35.9. The second kappa shape index (κ2) is 12.1. The van der Waals surface area contributed by atoms with Crippen molar-refractivity contribution in [3.63, 3.8) is 0 Å². The smallest absolute Gasteiger partial charge is 0.375 e. The van der Waals surface area contributed by atoms with Gasteiger partial charge in [-0.05, 0) is 43.6 Å². The second-order valence-corrected chi connectivity index (χ2v) is 9.99. The van der Waals surface area contributed by atoms with E-state index in [0.717, 1.165) is 11.6 Å². The monoisotopic (exact) mass is 570 g/mol. The number of alkyl halides is 3. The van der Waals surface area contributed by atoms with E-state index in [0.29, 0.717) is 18.4 Å². The minimum absolute atomic E-state index is 0.0486. The van der Waals surface area contributed by atoms with Crippen LogP contribution in [-0.4, -0.2) is 62.9 Å². The first-order valence-electron chi connectivity index (χ1n) is 12.9. The number of H-pyrrole nitrogens is 1. The molecule has 1 fully saturated rings. The predicted molar refractivity (Wildman–Crippen MR) is 145 cm³/mol. The fraction of sp³-hybridized carbons (Fsp3) is 0.310. The summed E-state index contributed by atoms with van der Waals surface area (Å²) >= 11 is 0. The van der Waals surface area contributed by atoms with E-state index >= 15 is 0 Å². The summed E-state index contributed by atoms with van der Waals surface area (Å²) < 4.78 is 45.5. The molecule has 3 heterocycles. The average molecular weight is 571 g/mol. The van der Waals surface area contributed by atoms with Gasteiger partial charge in [-0.2, -0.15) is 13.2 Å². The first kappa shape index (κ1) is 29.7. The van der Waals surface area contributed by atoms with Crippen molar-refractivity contribution < 1.29 is 32.8 Å². The normalized spacial score (nSPS) is 16.1. The summed E-state index contributed by atoms with van der Waals surface area (Å²) in [6, 6.07) is 14.3. The Balaban J connectivity index is 0.00000189. The van der Waals surface area contributed by atoms with Crippen molar-refractivity contribution in [2.75, 3.05) is 19.6 Å². The van der Waals surface area contributed by atoms with Crippen LogP contribution >= 0.6 is 0 Å². The number of non-ortho nitro benzene ring substituents is 1. The van der Waals surface area contributed by atoms with Gasteiger partial charge in [0.15, 0.2) is 5.78 Å². The SMILES string of the molecule is C=O.O=C(c1cc[nH]c1)C1CCN(CC(O)(c2cn(Cc3ccccc3)c3cc([N+](=O)[O-])ccc23)C(F)(F)F)CC1. The number of carbonyl (C=O) groups is 2. The van der Waals surface area contributed by atoms with Crippen molar-refractivity contribution in [1.29, 1.82) is 0 Å². The van der Waals surface area contributed by atoms with Crippen LogP contribution in [0.1, 0.15) is 34.3 Å². The Kier molecular flexibility index (Phi) is 8.74. The molecule has 1 unspecified atom stereocenters. The number of nitrogens with zero attached hydrogens (tertiary/aromatic N) is 3. The zero-order valence-corrected chi connectivity index (χ0v) is 22.0. The number of halogens is 3. The number of aromatic nitrogens is 2. The van der Waals surface area contributed by atoms with Gasteiger partial charge in [0, 0.05) is 66.2 Å². The Labute approximate surface area is 233 Å². The van der Waals surface area contributed by atoms with Crippen LogP contribution in [0.4, 0.5) is 18.9 Å². The molecule has 41 heavy (non-hydrogen) atoms. The maximum atomic E-state index is 14.7. The van der Waals surface area contributed by atoms with Gasteiger partial charge in [-0.3, -0.25) is 19.8 Å². The molecule has 9 nitrogen and oxygen atoms in total. The van der Waals surface area contributed by atoms with Crippen LogP contribution in [0.15, 0.2) is 73.2 Å². The van der Waals surface area contributed by atoms with Crippen molar-refractivity contribution in [1.82, 2.24) is 14.5 Å². The molecule has 1 saturated heterocycles. The van der Waals surface area contributed by atoms with Crippen LogP contribution in [0, 0.1) is 16.0 Å². The van der Waals surface area contributed by atoms with Gasteiger partial charge >= 0.3 is 6.18 Å². The Morgan fingerprint density at radius 1 is 1.10 bits per heavy atom. The van der Waals surface area contributed by atoms with E-state index in [9.17, 15) is 33.2 Å². The van der Waals surface area contributed by atoms with Crippen LogP contribution in [0.5, 0.6) is 0 Å². The van der Waals surface area contributed by atoms with Gasteiger partial charge in [-0.15, -0.1) is 0 Å². The Hall–Kier alpha value is -4.29. The molecule has 5 rings (SSSR count). The standard InChI is InChI=1S/C28H27F3N4O4.CH2O/c29-28(30,31)27(37,18-33-12-9-20(10-13-33)26(36)21-8-11-32-15-21)24-17-34(16-19-4-2-1-3-5-19)25-14-22(35(38)39)6-7-23(24)25;1-2/h1-8,11,14-15,17,20,32,37H,9-10,12-13,16,18H2;1H2. The molecule has 12 heteroatoms. The Morgan fingerprint density at radius 3 is 2.37 bits per heavy atom. The average Bonchev–Trinajstić information content (AvgIpc) is 3.63. The van der Waals surface area contributed by atoms with Crippen LogP contribution in [0.2, 0.25) is 0 Å². The highest BCUT2D eigenvalue weighted by molar-refractivity contribution is 5.97. The fourth-order valence-electron chi connectivity index (χ4n) is 5.35. The van der Waals surface area contributed by atoms with Gasteiger partial charge in [0.2, 0.25) is 5.60 Å². The highest BCUT2D eigenvalue weighted by atomic mass is 19.4. The van der Waals surface area contributed by atoms with Crippen LogP contribution < -0.4 is 0 Å². The highest BCUT2D eigenvalue weighted by Gasteiger charge is 2.57. The number of benzene rings is 2. The fourth-order valence-corrected chi connectivity index (χ4v) is 5.35. The van der Waals surface area contributed by atoms with Crippen molar-refractivity contribution in [2.24, 2.45) is 5.92 Å². The second-order valence-electron chi connectivity index (χ2n) is 9.99. The van der Waals surface area contributed by atoms with Gasteiger partial charge in [0.25, 0.3) is 5.69 Å². The topological polar surface area (TPSA) is 121 Å². The van der Waals surface area contributed by atoms with Gasteiger partial charge in [0.1, 0.15) is 6.79 Å². The number of nitro benzene ring substituents is 1. The molecular weight excluding hydrogens is 541 g/mol. The number of piperidine rings is 1. The maximum Gasteiger partial charge on any atom is 0.422 e. The molecule has 0 radical (unpaired) electrons. The molecule has 1 atom stereocenters. The minimum atomic E-state index is -5.03. The summed E-state index contributed by atoms with van der Waals surface area (Å²) in [6.45, 7) is 1.88. The summed E-state index contributed by atoms with van der Waals surface area (Å²) in [6.07, 6.45) is 0.219. The van der Waals surface area contributed by atoms with Crippen molar-refractivity contribution >= 4 is 29.2 Å². The number of likely N-dealkylation sites (tertiary alicyclic amines) is 1. The predicted octanol–water partition coefficient (Wildman–Crippen LogP) is 5.09. The number of hydrogen-bond donors (Lipinski definition) is 2.